The zero-order valence-corrected chi connectivity index (χ0v) is 15.7. The Bertz CT molecular complexity index is 734. The van der Waals surface area contributed by atoms with Crippen molar-refractivity contribution in [1.82, 2.24) is 15.1 Å². The number of rotatable bonds is 4. The first-order chi connectivity index (χ1) is 12.8. The molecule has 3 heterocycles. The van der Waals surface area contributed by atoms with E-state index in [-0.39, 0.29) is 12.1 Å². The highest BCUT2D eigenvalue weighted by Gasteiger charge is 2.26. The summed E-state index contributed by atoms with van der Waals surface area (Å²) in [6.07, 6.45) is 1.10. The number of thiophene rings is 1. The van der Waals surface area contributed by atoms with Crippen molar-refractivity contribution in [3.05, 3.63) is 57.8 Å². The Morgan fingerprint density at radius 2 is 2.08 bits per heavy atom. The van der Waals surface area contributed by atoms with Crippen molar-refractivity contribution in [2.75, 3.05) is 39.3 Å². The lowest BCUT2D eigenvalue weighted by molar-refractivity contribution is -0.0136. The summed E-state index contributed by atoms with van der Waals surface area (Å²) in [5.41, 5.74) is 2.87. The van der Waals surface area contributed by atoms with Crippen LogP contribution in [0.25, 0.3) is 0 Å². The Kier molecular flexibility index (Phi) is 5.53. The molecule has 0 spiro atoms. The van der Waals surface area contributed by atoms with Crippen LogP contribution in [0.2, 0.25) is 0 Å². The highest BCUT2D eigenvalue weighted by Crippen LogP contribution is 2.26. The van der Waals surface area contributed by atoms with E-state index in [2.05, 4.69) is 45.9 Å². The van der Waals surface area contributed by atoms with E-state index in [1.54, 1.807) is 11.3 Å². The second-order valence-corrected chi connectivity index (χ2v) is 7.83. The van der Waals surface area contributed by atoms with Gasteiger partial charge in [-0.25, -0.2) is 4.79 Å². The van der Waals surface area contributed by atoms with Gasteiger partial charge in [-0.05, 0) is 29.0 Å². The smallest absolute Gasteiger partial charge is 0.317 e. The zero-order chi connectivity index (χ0) is 17.8. The predicted octanol–water partition coefficient (Wildman–Crippen LogP) is 2.89. The molecule has 0 bridgehead atoms. The first-order valence-electron chi connectivity index (χ1n) is 9.26. The average Bonchev–Trinajstić information content (AvgIpc) is 3.23. The number of hydrogen-bond acceptors (Lipinski definition) is 4. The largest absolute Gasteiger partial charge is 0.369 e. The van der Waals surface area contributed by atoms with Gasteiger partial charge in [0, 0.05) is 37.6 Å². The van der Waals surface area contributed by atoms with Gasteiger partial charge >= 0.3 is 6.03 Å². The Morgan fingerprint density at radius 1 is 1.19 bits per heavy atom. The maximum atomic E-state index is 12.5. The van der Waals surface area contributed by atoms with Gasteiger partial charge in [-0.1, -0.05) is 30.3 Å². The number of benzene rings is 1. The van der Waals surface area contributed by atoms with Gasteiger partial charge in [0.1, 0.15) is 6.10 Å². The van der Waals surface area contributed by atoms with Crippen LogP contribution in [0.1, 0.15) is 22.1 Å². The number of nitrogens with zero attached hydrogens (tertiary/aromatic N) is 2. The van der Waals surface area contributed by atoms with Crippen LogP contribution in [0.15, 0.2) is 41.8 Å². The molecule has 2 aliphatic rings. The fourth-order valence-electron chi connectivity index (χ4n) is 3.66. The lowest BCUT2D eigenvalue weighted by Gasteiger charge is -2.33. The van der Waals surface area contributed by atoms with E-state index in [0.717, 1.165) is 26.1 Å². The summed E-state index contributed by atoms with van der Waals surface area (Å²) in [6.45, 7) is 5.49. The molecule has 6 heteroatoms. The number of carbonyl (C=O) groups excluding carboxylic acids is 1. The predicted molar refractivity (Wildman–Crippen MR) is 103 cm³/mol. The Balaban J connectivity index is 1.23. The Labute approximate surface area is 158 Å². The van der Waals surface area contributed by atoms with Gasteiger partial charge in [0.25, 0.3) is 0 Å². The van der Waals surface area contributed by atoms with Gasteiger partial charge in [-0.2, -0.15) is 0 Å². The quantitative estimate of drug-likeness (QED) is 0.899. The van der Waals surface area contributed by atoms with Crippen molar-refractivity contribution in [2.24, 2.45) is 0 Å². The van der Waals surface area contributed by atoms with Crippen molar-refractivity contribution in [2.45, 2.75) is 19.1 Å². The van der Waals surface area contributed by atoms with Gasteiger partial charge in [0.05, 0.1) is 13.2 Å². The molecule has 2 aromatic rings. The standard InChI is InChI=1S/C20H25N3O2S/c24-20(23-11-12-25-18(15-23)19-6-3-13-26-19)21-8-10-22-9-7-16-4-1-2-5-17(16)14-22/h1-6,13,18H,7-12,14-15H2,(H,21,24). The topological polar surface area (TPSA) is 44.8 Å². The minimum atomic E-state index is 0.00750. The van der Waals surface area contributed by atoms with Crippen molar-refractivity contribution in [1.29, 1.82) is 0 Å². The minimum Gasteiger partial charge on any atom is -0.369 e. The van der Waals surface area contributed by atoms with Crippen LogP contribution in [-0.4, -0.2) is 55.2 Å². The van der Waals surface area contributed by atoms with Gasteiger partial charge in [-0.3, -0.25) is 4.90 Å². The summed E-state index contributed by atoms with van der Waals surface area (Å²) in [5, 5.41) is 5.13. The van der Waals surface area contributed by atoms with E-state index < -0.39 is 0 Å². The Morgan fingerprint density at radius 3 is 2.92 bits per heavy atom. The van der Waals surface area contributed by atoms with Gasteiger partial charge in [0.2, 0.25) is 0 Å². The van der Waals surface area contributed by atoms with Crippen molar-refractivity contribution in [3.63, 3.8) is 0 Å². The van der Waals surface area contributed by atoms with Crippen LogP contribution in [0.4, 0.5) is 4.79 Å². The van der Waals surface area contributed by atoms with E-state index in [4.69, 9.17) is 4.74 Å². The third kappa shape index (κ3) is 4.09. The first kappa shape index (κ1) is 17.5. The number of amides is 2. The third-order valence-electron chi connectivity index (χ3n) is 5.13. The monoisotopic (exact) mass is 371 g/mol. The minimum absolute atomic E-state index is 0.00750. The molecule has 138 valence electrons. The van der Waals surface area contributed by atoms with Crippen LogP contribution in [0, 0.1) is 0 Å². The third-order valence-corrected chi connectivity index (χ3v) is 6.09. The summed E-state index contributed by atoms with van der Waals surface area (Å²) in [4.78, 5) is 18.0. The summed E-state index contributed by atoms with van der Waals surface area (Å²) in [7, 11) is 0. The highest BCUT2D eigenvalue weighted by atomic mass is 32.1. The molecule has 26 heavy (non-hydrogen) atoms. The van der Waals surface area contributed by atoms with E-state index in [1.807, 2.05) is 11.0 Å². The zero-order valence-electron chi connectivity index (χ0n) is 14.9. The molecule has 1 unspecified atom stereocenters. The van der Waals surface area contributed by atoms with Crippen molar-refractivity contribution >= 4 is 17.4 Å². The lowest BCUT2D eigenvalue weighted by Crippen LogP contribution is -2.48. The van der Waals surface area contributed by atoms with E-state index in [0.29, 0.717) is 26.2 Å². The van der Waals surface area contributed by atoms with E-state index in [1.165, 1.54) is 16.0 Å². The molecule has 1 fully saturated rings. The van der Waals surface area contributed by atoms with Crippen LogP contribution in [-0.2, 0) is 17.7 Å². The fraction of sp³-hybridized carbons (Fsp3) is 0.450. The summed E-state index contributed by atoms with van der Waals surface area (Å²) in [5.74, 6) is 0. The number of nitrogens with one attached hydrogen (secondary N) is 1. The molecule has 1 aromatic heterocycles. The van der Waals surface area contributed by atoms with Gasteiger partial charge in [0.15, 0.2) is 0 Å². The van der Waals surface area contributed by atoms with Crippen LogP contribution in [0.3, 0.4) is 0 Å². The van der Waals surface area contributed by atoms with Gasteiger partial charge < -0.3 is 15.0 Å². The van der Waals surface area contributed by atoms with Crippen LogP contribution in [0.5, 0.6) is 0 Å². The lowest BCUT2D eigenvalue weighted by atomic mass is 10.00. The van der Waals surface area contributed by atoms with E-state index in [9.17, 15) is 4.79 Å². The number of hydrogen-bond donors (Lipinski definition) is 1. The molecule has 1 aromatic carbocycles. The highest BCUT2D eigenvalue weighted by molar-refractivity contribution is 7.10. The van der Waals surface area contributed by atoms with Crippen molar-refractivity contribution < 1.29 is 9.53 Å². The maximum Gasteiger partial charge on any atom is 0.317 e. The summed E-state index contributed by atoms with van der Waals surface area (Å²) >= 11 is 1.68. The normalized spacial score (nSPS) is 20.6. The molecule has 5 nitrogen and oxygen atoms in total. The number of urea groups is 1. The van der Waals surface area contributed by atoms with Crippen molar-refractivity contribution in [3.8, 4) is 0 Å². The number of carbonyl (C=O) groups is 1. The number of fused-ring (bicyclic) bond motifs is 1. The molecule has 1 N–H and O–H groups in total. The summed E-state index contributed by atoms with van der Waals surface area (Å²) < 4.78 is 5.82. The van der Waals surface area contributed by atoms with Crippen LogP contribution >= 0.6 is 11.3 Å². The molecule has 0 aliphatic carbocycles. The SMILES string of the molecule is O=C(NCCN1CCc2ccccc2C1)N1CCOC(c2cccs2)C1. The fourth-order valence-corrected chi connectivity index (χ4v) is 4.42. The molecule has 2 aliphatic heterocycles. The number of morpholine rings is 1. The second kappa shape index (κ2) is 8.20. The molecule has 2 amide bonds. The molecule has 4 rings (SSSR count). The average molecular weight is 372 g/mol. The number of ether oxygens (including phenoxy) is 1. The molecular formula is C20H25N3O2S. The van der Waals surface area contributed by atoms with Crippen LogP contribution < -0.4 is 5.32 Å². The van der Waals surface area contributed by atoms with Gasteiger partial charge in [-0.15, -0.1) is 11.3 Å². The van der Waals surface area contributed by atoms with E-state index >= 15 is 0 Å². The molecular weight excluding hydrogens is 346 g/mol. The Hall–Kier alpha value is -1.89. The molecule has 0 saturated carbocycles. The second-order valence-electron chi connectivity index (χ2n) is 6.85. The summed E-state index contributed by atoms with van der Waals surface area (Å²) in [6, 6.07) is 12.8. The molecule has 1 atom stereocenters. The molecule has 1 saturated heterocycles. The first-order valence-corrected chi connectivity index (χ1v) is 10.1. The maximum absolute atomic E-state index is 12.5. The molecule has 0 radical (unpaired) electrons.